The number of aromatic nitrogens is 3. The highest BCUT2D eigenvalue weighted by Gasteiger charge is 2.17. The van der Waals surface area contributed by atoms with Crippen molar-refractivity contribution in [2.24, 2.45) is 5.92 Å². The number of fused-ring (bicyclic) bond motifs is 1. The summed E-state index contributed by atoms with van der Waals surface area (Å²) in [5.41, 5.74) is 3.70. The fourth-order valence-corrected chi connectivity index (χ4v) is 3.73. The molecular weight excluding hydrogens is 444 g/mol. The predicted octanol–water partition coefficient (Wildman–Crippen LogP) is 5.68. The van der Waals surface area contributed by atoms with Crippen LogP contribution in [0.5, 0.6) is 5.75 Å². The normalized spacial score (nSPS) is 11.2. The Bertz CT molecular complexity index is 1380. The molecule has 0 fully saturated rings. The summed E-state index contributed by atoms with van der Waals surface area (Å²) in [6.07, 6.45) is 2.74. The molecule has 4 aromatic rings. The highest BCUT2D eigenvalue weighted by molar-refractivity contribution is 5.95. The van der Waals surface area contributed by atoms with E-state index in [1.54, 1.807) is 18.2 Å². The molecular formula is C27H28N4O4. The summed E-state index contributed by atoms with van der Waals surface area (Å²) in [7, 11) is 0. The topological polar surface area (TPSA) is 114 Å². The van der Waals surface area contributed by atoms with Crippen molar-refractivity contribution in [2.75, 3.05) is 6.61 Å². The third kappa shape index (κ3) is 5.52. The first-order valence-electron chi connectivity index (χ1n) is 11.7. The van der Waals surface area contributed by atoms with E-state index in [0.717, 1.165) is 22.0 Å². The number of nitriles is 1. The second-order valence-electron chi connectivity index (χ2n) is 9.03. The Morgan fingerprint density at radius 1 is 1.20 bits per heavy atom. The zero-order chi connectivity index (χ0) is 24.9. The second-order valence-corrected chi connectivity index (χ2v) is 9.03. The van der Waals surface area contributed by atoms with Crippen LogP contribution in [0.2, 0.25) is 0 Å². The summed E-state index contributed by atoms with van der Waals surface area (Å²) in [6.45, 7) is 8.27. The van der Waals surface area contributed by atoms with Crippen molar-refractivity contribution in [1.29, 1.82) is 5.26 Å². The number of carbonyl (C=O) groups is 1. The van der Waals surface area contributed by atoms with Gasteiger partial charge in [0.15, 0.2) is 0 Å². The number of aryl methyl sites for hydroxylation is 1. The van der Waals surface area contributed by atoms with Crippen molar-refractivity contribution in [3.05, 3.63) is 53.7 Å². The molecule has 180 valence electrons. The van der Waals surface area contributed by atoms with Gasteiger partial charge >= 0.3 is 5.97 Å². The first-order chi connectivity index (χ1) is 16.9. The first-order valence-corrected chi connectivity index (χ1v) is 11.7. The summed E-state index contributed by atoms with van der Waals surface area (Å²) in [5.74, 6) is 1.37. The Labute approximate surface area is 203 Å². The predicted molar refractivity (Wildman–Crippen MR) is 132 cm³/mol. The van der Waals surface area contributed by atoms with E-state index in [9.17, 15) is 10.1 Å². The molecule has 0 unspecified atom stereocenters. The van der Waals surface area contributed by atoms with Crippen molar-refractivity contribution >= 4 is 16.9 Å². The van der Waals surface area contributed by atoms with Gasteiger partial charge in [-0.2, -0.15) is 10.2 Å². The van der Waals surface area contributed by atoms with Crippen LogP contribution >= 0.6 is 0 Å². The molecule has 35 heavy (non-hydrogen) atoms. The Balaban J connectivity index is 1.56. The van der Waals surface area contributed by atoms with Crippen molar-refractivity contribution in [1.82, 2.24) is 15.1 Å². The average molecular weight is 473 g/mol. The van der Waals surface area contributed by atoms with Gasteiger partial charge in [-0.15, -0.1) is 0 Å². The molecule has 0 spiro atoms. The number of esters is 1. The van der Waals surface area contributed by atoms with Crippen molar-refractivity contribution in [3.8, 4) is 34.7 Å². The Kier molecular flexibility index (Phi) is 7.16. The van der Waals surface area contributed by atoms with Gasteiger partial charge in [-0.1, -0.05) is 31.1 Å². The second kappa shape index (κ2) is 10.4. The molecule has 1 N–H and O–H groups in total. The van der Waals surface area contributed by atoms with E-state index < -0.39 is 0 Å². The van der Waals surface area contributed by atoms with E-state index in [1.807, 2.05) is 52.1 Å². The number of carbonyl (C=O) groups excluding carboxylic acids is 1. The zero-order valence-corrected chi connectivity index (χ0v) is 20.3. The number of H-pyrrole nitrogens is 1. The number of para-hydroxylation sites is 1. The third-order valence-electron chi connectivity index (χ3n) is 5.35. The van der Waals surface area contributed by atoms with Crippen LogP contribution < -0.4 is 4.74 Å². The van der Waals surface area contributed by atoms with Gasteiger partial charge in [-0.25, -0.2) is 0 Å². The lowest BCUT2D eigenvalue weighted by Crippen LogP contribution is -2.10. The van der Waals surface area contributed by atoms with Crippen LogP contribution in [0.1, 0.15) is 45.2 Å². The van der Waals surface area contributed by atoms with Crippen molar-refractivity contribution < 1.29 is 18.8 Å². The van der Waals surface area contributed by atoms with Crippen LogP contribution in [0.3, 0.4) is 0 Å². The maximum atomic E-state index is 12.0. The number of rotatable bonds is 9. The quantitative estimate of drug-likeness (QED) is 0.312. The van der Waals surface area contributed by atoms with Crippen molar-refractivity contribution in [2.45, 2.75) is 46.6 Å². The lowest BCUT2D eigenvalue weighted by molar-refractivity contribution is -0.144. The fraction of sp³-hybridized carbons (Fsp3) is 0.333. The molecule has 2 aromatic carbocycles. The van der Waals surface area contributed by atoms with Gasteiger partial charge in [0, 0.05) is 29.1 Å². The monoisotopic (exact) mass is 472 g/mol. The largest absolute Gasteiger partial charge is 0.490 e. The molecule has 0 aliphatic carbocycles. The number of ether oxygens (including phenoxy) is 2. The number of nitrogens with one attached hydrogen (secondary N) is 1. The maximum Gasteiger partial charge on any atom is 0.306 e. The van der Waals surface area contributed by atoms with Gasteiger partial charge in [0.2, 0.25) is 5.82 Å². The lowest BCUT2D eigenvalue weighted by atomic mass is 10.1. The molecule has 2 heterocycles. The molecule has 0 radical (unpaired) electrons. The van der Waals surface area contributed by atoms with Crippen molar-refractivity contribution in [3.63, 3.8) is 0 Å². The van der Waals surface area contributed by atoms with Gasteiger partial charge in [-0.05, 0) is 56.0 Å². The Hall–Kier alpha value is -4.12. The maximum absolute atomic E-state index is 12.0. The van der Waals surface area contributed by atoms with Gasteiger partial charge in [0.1, 0.15) is 11.8 Å². The number of nitrogens with zero attached hydrogens (tertiary/aromatic N) is 3. The molecule has 4 rings (SSSR count). The minimum Gasteiger partial charge on any atom is -0.490 e. The molecule has 2 aromatic heterocycles. The zero-order valence-electron chi connectivity index (χ0n) is 20.3. The minimum atomic E-state index is -0.200. The minimum absolute atomic E-state index is 0.0418. The van der Waals surface area contributed by atoms with E-state index in [0.29, 0.717) is 54.0 Å². The molecule has 0 atom stereocenters. The highest BCUT2D eigenvalue weighted by atomic mass is 16.5. The number of benzene rings is 2. The van der Waals surface area contributed by atoms with Crippen LogP contribution in [0.25, 0.3) is 33.7 Å². The van der Waals surface area contributed by atoms with Crippen LogP contribution in [0.15, 0.2) is 47.1 Å². The molecule has 0 saturated carbocycles. The first kappa shape index (κ1) is 24.0. The molecule has 0 aliphatic rings. The Morgan fingerprint density at radius 2 is 2.03 bits per heavy atom. The van der Waals surface area contributed by atoms with E-state index in [2.05, 4.69) is 21.2 Å². The van der Waals surface area contributed by atoms with E-state index >= 15 is 0 Å². The fourth-order valence-electron chi connectivity index (χ4n) is 3.73. The van der Waals surface area contributed by atoms with E-state index in [1.165, 1.54) is 0 Å². The highest BCUT2D eigenvalue weighted by Crippen LogP contribution is 2.31. The Morgan fingerprint density at radius 3 is 2.77 bits per heavy atom. The summed E-state index contributed by atoms with van der Waals surface area (Å²) < 4.78 is 16.5. The van der Waals surface area contributed by atoms with Gasteiger partial charge in [0.25, 0.3) is 5.89 Å². The lowest BCUT2D eigenvalue weighted by Gasteiger charge is -2.11. The van der Waals surface area contributed by atoms with Gasteiger partial charge in [-0.3, -0.25) is 4.79 Å². The summed E-state index contributed by atoms with van der Waals surface area (Å²) in [5, 5.41) is 14.7. The number of hydrogen-bond donors (Lipinski definition) is 1. The molecule has 8 heteroatoms. The van der Waals surface area contributed by atoms with Gasteiger partial charge < -0.3 is 19.0 Å². The van der Waals surface area contributed by atoms with Gasteiger partial charge in [0.05, 0.1) is 23.8 Å². The van der Waals surface area contributed by atoms with Crippen LogP contribution in [-0.2, 0) is 16.0 Å². The number of hydrogen-bond acceptors (Lipinski definition) is 7. The molecule has 8 nitrogen and oxygen atoms in total. The average Bonchev–Trinajstić information content (AvgIpc) is 3.49. The molecule has 0 bridgehead atoms. The number of aromatic amines is 1. The van der Waals surface area contributed by atoms with Crippen LogP contribution in [0, 0.1) is 17.2 Å². The summed E-state index contributed by atoms with van der Waals surface area (Å²) >= 11 is 0. The van der Waals surface area contributed by atoms with E-state index in [4.69, 9.17) is 14.0 Å². The summed E-state index contributed by atoms with van der Waals surface area (Å²) in [6, 6.07) is 13.2. The summed E-state index contributed by atoms with van der Waals surface area (Å²) in [4.78, 5) is 19.9. The van der Waals surface area contributed by atoms with Crippen LogP contribution in [0.4, 0.5) is 0 Å². The third-order valence-corrected chi connectivity index (χ3v) is 5.35. The smallest absolute Gasteiger partial charge is 0.306 e. The van der Waals surface area contributed by atoms with E-state index in [-0.39, 0.29) is 12.1 Å². The molecule has 0 amide bonds. The standard InChI is InChI=1S/C27H28N4O4/c1-16(2)15-33-24(32)11-9-19-14-29-25-21(19)6-5-7-22(25)26-30-27(35-31-26)18-8-10-23(34-17(3)4)20(12-18)13-28/h5-8,10,12,14,16-17,29H,9,11,15H2,1-4H3. The molecule has 0 aliphatic heterocycles. The SMILES string of the molecule is CC(C)COC(=O)CCc1c[nH]c2c(-c3noc(-c4ccc(OC(C)C)c(C#N)c4)n3)cccc12. The molecule has 0 saturated heterocycles. The van der Waals surface area contributed by atoms with Crippen LogP contribution in [-0.4, -0.2) is 33.8 Å².